The summed E-state index contributed by atoms with van der Waals surface area (Å²) in [4.78, 5) is 27.4. The van der Waals surface area contributed by atoms with Crippen molar-refractivity contribution in [1.29, 1.82) is 0 Å². The van der Waals surface area contributed by atoms with Crippen LogP contribution in [0.2, 0.25) is 5.02 Å². The number of benzene rings is 4. The summed E-state index contributed by atoms with van der Waals surface area (Å²) in [7, 11) is 0. The van der Waals surface area contributed by atoms with Crippen LogP contribution in [-0.4, -0.2) is 27.9 Å². The van der Waals surface area contributed by atoms with Crippen molar-refractivity contribution in [3.8, 4) is 22.6 Å². The van der Waals surface area contributed by atoms with Gasteiger partial charge in [-0.2, -0.15) is 0 Å². The van der Waals surface area contributed by atoms with Crippen molar-refractivity contribution < 1.29 is 19.4 Å². The maximum absolute atomic E-state index is 13.9. The zero-order chi connectivity index (χ0) is 25.1. The van der Waals surface area contributed by atoms with E-state index in [1.807, 2.05) is 84.9 Å². The van der Waals surface area contributed by atoms with Gasteiger partial charge in [-0.3, -0.25) is 4.79 Å². The quantitative estimate of drug-likeness (QED) is 0.305. The number of carbonyl (C=O) groups excluding carboxylic acids is 1. The molecular weight excluding hydrogens is 474 g/mol. The number of amides is 1. The zero-order valence-corrected chi connectivity index (χ0v) is 20.1. The Morgan fingerprint density at radius 3 is 2.19 bits per heavy atom. The Kier molecular flexibility index (Phi) is 6.74. The molecule has 5 nitrogen and oxygen atoms in total. The Balaban J connectivity index is 1.57. The van der Waals surface area contributed by atoms with Crippen molar-refractivity contribution in [3.05, 3.63) is 119 Å². The van der Waals surface area contributed by atoms with Gasteiger partial charge in [-0.05, 0) is 60.4 Å². The summed E-state index contributed by atoms with van der Waals surface area (Å²) in [5.41, 5.74) is 2.87. The molecule has 180 valence electrons. The number of halogens is 1. The van der Waals surface area contributed by atoms with Crippen LogP contribution in [0.3, 0.4) is 0 Å². The van der Waals surface area contributed by atoms with Gasteiger partial charge < -0.3 is 14.7 Å². The molecule has 5 rings (SSSR count). The topological polar surface area (TPSA) is 66.8 Å². The minimum atomic E-state index is -1.03. The molecule has 1 fully saturated rings. The SMILES string of the molecule is O=C(O)[C@@H]1CC[C@H](c2ccccc2Cl)N1C(=O)c1ccc(-c2ccccc2)c(Oc2ccccc2)c1. The molecule has 4 aromatic rings. The molecule has 1 aliphatic rings. The maximum Gasteiger partial charge on any atom is 0.326 e. The second kappa shape index (κ2) is 10.3. The van der Waals surface area contributed by atoms with Crippen molar-refractivity contribution in [1.82, 2.24) is 4.90 Å². The molecule has 4 aromatic carbocycles. The van der Waals surface area contributed by atoms with Crippen molar-refractivity contribution >= 4 is 23.5 Å². The average Bonchev–Trinajstić information content (AvgIpc) is 3.35. The Morgan fingerprint density at radius 1 is 0.833 bits per heavy atom. The second-order valence-corrected chi connectivity index (χ2v) is 9.08. The third-order valence-corrected chi connectivity index (χ3v) is 6.80. The summed E-state index contributed by atoms with van der Waals surface area (Å²) in [5, 5.41) is 10.4. The average molecular weight is 498 g/mol. The number of carbonyl (C=O) groups is 2. The van der Waals surface area contributed by atoms with E-state index in [-0.39, 0.29) is 5.91 Å². The Labute approximate surface area is 214 Å². The van der Waals surface area contributed by atoms with Gasteiger partial charge in [-0.1, -0.05) is 78.3 Å². The first-order valence-corrected chi connectivity index (χ1v) is 12.1. The number of carboxylic acids is 1. The lowest BCUT2D eigenvalue weighted by Crippen LogP contribution is -2.41. The monoisotopic (exact) mass is 497 g/mol. The van der Waals surface area contributed by atoms with E-state index in [1.54, 1.807) is 18.2 Å². The smallest absolute Gasteiger partial charge is 0.326 e. The van der Waals surface area contributed by atoms with Crippen LogP contribution in [0.5, 0.6) is 11.5 Å². The fourth-order valence-electron chi connectivity index (χ4n) is 4.75. The van der Waals surface area contributed by atoms with Crippen LogP contribution < -0.4 is 4.74 Å². The molecule has 0 unspecified atom stereocenters. The molecule has 0 aromatic heterocycles. The number of carboxylic acid groups (broad SMARTS) is 1. The number of para-hydroxylation sites is 1. The number of ether oxygens (including phenoxy) is 1. The summed E-state index contributed by atoms with van der Waals surface area (Å²) in [5.74, 6) is -0.252. The molecule has 0 bridgehead atoms. The minimum Gasteiger partial charge on any atom is -0.480 e. The predicted octanol–water partition coefficient (Wildman–Crippen LogP) is 7.23. The third-order valence-electron chi connectivity index (χ3n) is 6.45. The molecule has 0 aliphatic carbocycles. The zero-order valence-electron chi connectivity index (χ0n) is 19.4. The molecule has 36 heavy (non-hydrogen) atoms. The highest BCUT2D eigenvalue weighted by Crippen LogP contribution is 2.41. The van der Waals surface area contributed by atoms with Gasteiger partial charge in [0, 0.05) is 16.1 Å². The highest BCUT2D eigenvalue weighted by Gasteiger charge is 2.42. The van der Waals surface area contributed by atoms with E-state index in [1.165, 1.54) is 4.90 Å². The van der Waals surface area contributed by atoms with Gasteiger partial charge in [-0.15, -0.1) is 0 Å². The molecule has 1 saturated heterocycles. The molecule has 1 amide bonds. The maximum atomic E-state index is 13.9. The normalized spacial score (nSPS) is 17.1. The highest BCUT2D eigenvalue weighted by molar-refractivity contribution is 6.31. The number of rotatable bonds is 6. The van der Waals surface area contributed by atoms with Crippen LogP contribution in [0.1, 0.15) is 34.8 Å². The minimum absolute atomic E-state index is 0.353. The number of nitrogens with zero attached hydrogens (tertiary/aromatic N) is 1. The van der Waals surface area contributed by atoms with Crippen LogP contribution in [-0.2, 0) is 4.79 Å². The van der Waals surface area contributed by atoms with Crippen LogP contribution in [0.25, 0.3) is 11.1 Å². The summed E-state index contributed by atoms with van der Waals surface area (Å²) in [6, 6.07) is 30.3. The fourth-order valence-corrected chi connectivity index (χ4v) is 5.01. The predicted molar refractivity (Wildman–Crippen MR) is 139 cm³/mol. The molecule has 2 atom stereocenters. The summed E-state index contributed by atoms with van der Waals surface area (Å²) < 4.78 is 6.21. The van der Waals surface area contributed by atoms with E-state index in [4.69, 9.17) is 16.3 Å². The Hall–Kier alpha value is -4.09. The largest absolute Gasteiger partial charge is 0.480 e. The molecule has 0 spiro atoms. The van der Waals surface area contributed by atoms with E-state index < -0.39 is 18.1 Å². The van der Waals surface area contributed by atoms with E-state index >= 15 is 0 Å². The highest BCUT2D eigenvalue weighted by atomic mass is 35.5. The number of hydrogen-bond donors (Lipinski definition) is 1. The van der Waals surface area contributed by atoms with E-state index in [0.29, 0.717) is 34.9 Å². The standard InChI is InChI=1S/C30H24ClNO4/c31-25-14-8-7-13-24(25)26-17-18-27(30(34)35)32(26)29(33)21-15-16-23(20-9-3-1-4-10-20)28(19-21)36-22-11-5-2-6-12-22/h1-16,19,26-27H,17-18H2,(H,34,35)/t26-,27+/m1/s1. The Bertz CT molecular complexity index is 1390. The molecule has 6 heteroatoms. The lowest BCUT2D eigenvalue weighted by Gasteiger charge is -2.29. The second-order valence-electron chi connectivity index (χ2n) is 8.67. The summed E-state index contributed by atoms with van der Waals surface area (Å²) in [6.45, 7) is 0. The number of hydrogen-bond acceptors (Lipinski definition) is 3. The first kappa shape index (κ1) is 23.6. The van der Waals surface area contributed by atoms with Gasteiger partial charge >= 0.3 is 5.97 Å². The summed E-state index contributed by atoms with van der Waals surface area (Å²) in [6.07, 6.45) is 0.869. The van der Waals surface area contributed by atoms with Gasteiger partial charge in [-0.25, -0.2) is 4.79 Å². The molecular formula is C30H24ClNO4. The summed E-state index contributed by atoms with van der Waals surface area (Å²) >= 11 is 6.45. The van der Waals surface area contributed by atoms with Crippen molar-refractivity contribution in [2.24, 2.45) is 0 Å². The van der Waals surface area contributed by atoms with Crippen molar-refractivity contribution in [3.63, 3.8) is 0 Å². The van der Waals surface area contributed by atoms with Crippen LogP contribution in [0.15, 0.2) is 103 Å². The van der Waals surface area contributed by atoms with Crippen LogP contribution in [0, 0.1) is 0 Å². The van der Waals surface area contributed by atoms with Crippen molar-refractivity contribution in [2.75, 3.05) is 0 Å². The lowest BCUT2D eigenvalue weighted by molar-refractivity contribution is -0.141. The first-order valence-electron chi connectivity index (χ1n) is 11.7. The van der Waals surface area contributed by atoms with Crippen LogP contribution in [0.4, 0.5) is 0 Å². The van der Waals surface area contributed by atoms with E-state index in [9.17, 15) is 14.7 Å². The Morgan fingerprint density at radius 2 is 1.50 bits per heavy atom. The molecule has 1 heterocycles. The van der Waals surface area contributed by atoms with E-state index in [0.717, 1.165) is 16.7 Å². The first-order chi connectivity index (χ1) is 17.5. The molecule has 1 aliphatic heterocycles. The number of aliphatic carboxylic acids is 1. The lowest BCUT2D eigenvalue weighted by atomic mass is 10.0. The van der Waals surface area contributed by atoms with Crippen LogP contribution >= 0.6 is 11.6 Å². The molecule has 1 N–H and O–H groups in total. The van der Waals surface area contributed by atoms with Crippen molar-refractivity contribution in [2.45, 2.75) is 24.9 Å². The van der Waals surface area contributed by atoms with Gasteiger partial charge in [0.05, 0.1) is 6.04 Å². The molecule has 0 saturated carbocycles. The van der Waals surface area contributed by atoms with Gasteiger partial charge in [0.25, 0.3) is 5.91 Å². The third kappa shape index (κ3) is 4.70. The van der Waals surface area contributed by atoms with Gasteiger partial charge in [0.1, 0.15) is 17.5 Å². The van der Waals surface area contributed by atoms with E-state index in [2.05, 4.69) is 0 Å². The van der Waals surface area contributed by atoms with Gasteiger partial charge in [0.15, 0.2) is 0 Å². The van der Waals surface area contributed by atoms with Gasteiger partial charge in [0.2, 0.25) is 0 Å². The molecule has 0 radical (unpaired) electrons. The number of likely N-dealkylation sites (tertiary alicyclic amines) is 1. The fraction of sp³-hybridized carbons (Fsp3) is 0.133.